The van der Waals surface area contributed by atoms with Crippen LogP contribution < -0.4 is 10.5 Å². The van der Waals surface area contributed by atoms with Gasteiger partial charge in [-0.25, -0.2) is 5.10 Å². The third-order valence-electron chi connectivity index (χ3n) is 4.23. The Balaban J connectivity index is 2.06. The van der Waals surface area contributed by atoms with Gasteiger partial charge in [-0.05, 0) is 19.3 Å². The van der Waals surface area contributed by atoms with Gasteiger partial charge in [-0.2, -0.15) is 18.3 Å². The maximum atomic E-state index is 13.2. The third kappa shape index (κ3) is 4.71. The fourth-order valence-electron chi connectivity index (χ4n) is 2.81. The van der Waals surface area contributed by atoms with Crippen LogP contribution in [0.1, 0.15) is 31.7 Å². The summed E-state index contributed by atoms with van der Waals surface area (Å²) in [4.78, 5) is 23.8. The topological polar surface area (TPSA) is 95.5 Å². The Kier molecular flexibility index (Phi) is 6.04. The van der Waals surface area contributed by atoms with Crippen LogP contribution in [-0.2, 0) is 15.7 Å². The smallest absolute Gasteiger partial charge is 0.423 e. The number of aromatic amines is 1. The minimum atomic E-state index is -4.78. The van der Waals surface area contributed by atoms with Gasteiger partial charge in [-0.1, -0.05) is 6.92 Å². The molecule has 0 spiro atoms. The number of carboxylic acid groups (broad SMARTS) is 1. The molecule has 2 atom stereocenters. The number of halogens is 3. The molecule has 0 amide bonds. The van der Waals surface area contributed by atoms with Crippen molar-refractivity contribution in [3.8, 4) is 0 Å². The predicted octanol–water partition coefficient (Wildman–Crippen LogP) is 1.88. The van der Waals surface area contributed by atoms with Gasteiger partial charge < -0.3 is 14.7 Å². The molecule has 140 valence electrons. The number of carbonyl (C=O) groups is 1. The van der Waals surface area contributed by atoms with Gasteiger partial charge in [0.05, 0.1) is 30.5 Å². The van der Waals surface area contributed by atoms with Crippen molar-refractivity contribution in [1.29, 1.82) is 0 Å². The van der Waals surface area contributed by atoms with Crippen molar-refractivity contribution in [2.75, 3.05) is 24.7 Å². The summed E-state index contributed by atoms with van der Waals surface area (Å²) in [5.74, 6) is -1.47. The summed E-state index contributed by atoms with van der Waals surface area (Å²) < 4.78 is 45.1. The maximum absolute atomic E-state index is 13.2. The van der Waals surface area contributed by atoms with Gasteiger partial charge >= 0.3 is 12.1 Å². The van der Waals surface area contributed by atoms with E-state index in [1.807, 2.05) is 5.10 Å². The molecule has 0 aromatic carbocycles. The van der Waals surface area contributed by atoms with Crippen LogP contribution in [0.4, 0.5) is 18.9 Å². The molecule has 0 bridgehead atoms. The Morgan fingerprint density at radius 2 is 2.28 bits per heavy atom. The first-order valence-electron chi connectivity index (χ1n) is 7.94. The largest absolute Gasteiger partial charge is 0.481 e. The number of hydrogen-bond donors (Lipinski definition) is 2. The summed E-state index contributed by atoms with van der Waals surface area (Å²) in [6, 6.07) is -0.315. The fourth-order valence-corrected chi connectivity index (χ4v) is 2.81. The number of H-pyrrole nitrogens is 1. The van der Waals surface area contributed by atoms with E-state index < -0.39 is 29.2 Å². The number of aromatic nitrogens is 2. The van der Waals surface area contributed by atoms with E-state index in [9.17, 15) is 22.8 Å². The van der Waals surface area contributed by atoms with Crippen molar-refractivity contribution in [2.24, 2.45) is 5.92 Å². The van der Waals surface area contributed by atoms with E-state index in [0.717, 1.165) is 6.20 Å². The lowest BCUT2D eigenvalue weighted by molar-refractivity contribution is -0.141. The first-order chi connectivity index (χ1) is 11.7. The molecule has 1 aromatic rings. The highest BCUT2D eigenvalue weighted by Crippen LogP contribution is 2.36. The standard InChI is InChI=1S/C15H20F3N3O4/c1-9(14(23)24)4-6-25-8-10-3-2-5-21(10)11-7-19-20-13(22)12(11)15(16,17)18/h7,9-10H,2-6,8H2,1H3,(H,20,22)(H,23,24)/t9-,10-/m0/s1. The zero-order valence-electron chi connectivity index (χ0n) is 13.7. The molecule has 2 rings (SSSR count). The molecular weight excluding hydrogens is 343 g/mol. The summed E-state index contributed by atoms with van der Waals surface area (Å²) in [6.07, 6.45) is -2.16. The molecule has 1 saturated heterocycles. The van der Waals surface area contributed by atoms with Gasteiger partial charge in [0.25, 0.3) is 5.56 Å². The van der Waals surface area contributed by atoms with Crippen LogP contribution in [0, 0.1) is 5.92 Å². The van der Waals surface area contributed by atoms with E-state index in [1.54, 1.807) is 6.92 Å². The average molecular weight is 363 g/mol. The van der Waals surface area contributed by atoms with E-state index in [2.05, 4.69) is 5.10 Å². The average Bonchev–Trinajstić information content (AvgIpc) is 2.98. The van der Waals surface area contributed by atoms with Crippen molar-refractivity contribution in [3.05, 3.63) is 22.1 Å². The highest BCUT2D eigenvalue weighted by Gasteiger charge is 2.40. The lowest BCUT2D eigenvalue weighted by atomic mass is 10.1. The Morgan fingerprint density at radius 3 is 2.92 bits per heavy atom. The molecule has 10 heteroatoms. The van der Waals surface area contributed by atoms with E-state index >= 15 is 0 Å². The van der Waals surface area contributed by atoms with Crippen molar-refractivity contribution < 1.29 is 27.8 Å². The Labute approximate surface area is 141 Å². The number of anilines is 1. The molecular formula is C15H20F3N3O4. The SMILES string of the molecule is C[C@@H](CCOC[C@@H]1CCCN1c1cn[nH]c(=O)c1C(F)(F)F)C(=O)O. The van der Waals surface area contributed by atoms with Crippen LogP contribution >= 0.6 is 0 Å². The Hall–Kier alpha value is -2.10. The minimum Gasteiger partial charge on any atom is -0.481 e. The highest BCUT2D eigenvalue weighted by molar-refractivity contribution is 5.69. The second-order valence-corrected chi connectivity index (χ2v) is 6.05. The Bertz CT molecular complexity index is 662. The summed E-state index contributed by atoms with van der Waals surface area (Å²) in [6.45, 7) is 2.30. The predicted molar refractivity (Wildman–Crippen MR) is 82.5 cm³/mol. The summed E-state index contributed by atoms with van der Waals surface area (Å²) in [5.41, 5.74) is -2.78. The van der Waals surface area contributed by atoms with Crippen molar-refractivity contribution in [2.45, 2.75) is 38.4 Å². The molecule has 0 unspecified atom stereocenters. The summed E-state index contributed by atoms with van der Waals surface area (Å²) in [7, 11) is 0. The zero-order chi connectivity index (χ0) is 18.6. The van der Waals surface area contributed by atoms with Crippen LogP contribution in [0.25, 0.3) is 0 Å². The zero-order valence-corrected chi connectivity index (χ0v) is 13.7. The van der Waals surface area contributed by atoms with Gasteiger partial charge in [0.1, 0.15) is 5.56 Å². The van der Waals surface area contributed by atoms with Gasteiger partial charge in [-0.15, -0.1) is 0 Å². The lowest BCUT2D eigenvalue weighted by Gasteiger charge is -2.28. The lowest BCUT2D eigenvalue weighted by Crippen LogP contribution is -2.37. The number of hydrogen-bond acceptors (Lipinski definition) is 5. The van der Waals surface area contributed by atoms with Gasteiger partial charge in [0, 0.05) is 13.2 Å². The second-order valence-electron chi connectivity index (χ2n) is 6.05. The van der Waals surface area contributed by atoms with Crippen LogP contribution in [0.2, 0.25) is 0 Å². The van der Waals surface area contributed by atoms with Crippen LogP contribution in [0.15, 0.2) is 11.0 Å². The Morgan fingerprint density at radius 1 is 1.56 bits per heavy atom. The molecule has 0 radical (unpaired) electrons. The van der Waals surface area contributed by atoms with Crippen molar-refractivity contribution >= 4 is 11.7 Å². The maximum Gasteiger partial charge on any atom is 0.423 e. The van der Waals surface area contributed by atoms with E-state index in [0.29, 0.717) is 25.8 Å². The molecule has 1 fully saturated rings. The number of nitrogens with one attached hydrogen (secondary N) is 1. The number of rotatable bonds is 7. The second kappa shape index (κ2) is 7.85. The molecule has 0 saturated carbocycles. The molecule has 2 N–H and O–H groups in total. The third-order valence-corrected chi connectivity index (χ3v) is 4.23. The van der Waals surface area contributed by atoms with Crippen molar-refractivity contribution in [3.63, 3.8) is 0 Å². The number of carboxylic acids is 1. The fraction of sp³-hybridized carbons (Fsp3) is 0.667. The summed E-state index contributed by atoms with van der Waals surface area (Å²) in [5, 5.41) is 14.1. The molecule has 0 aliphatic carbocycles. The monoisotopic (exact) mass is 363 g/mol. The number of nitrogens with zero attached hydrogens (tertiary/aromatic N) is 2. The quantitative estimate of drug-likeness (QED) is 0.719. The molecule has 7 nitrogen and oxygen atoms in total. The van der Waals surface area contributed by atoms with Crippen LogP contribution in [0.3, 0.4) is 0 Å². The molecule has 25 heavy (non-hydrogen) atoms. The normalized spacial score (nSPS) is 19.2. The van der Waals surface area contributed by atoms with Crippen molar-refractivity contribution in [1.82, 2.24) is 10.2 Å². The highest BCUT2D eigenvalue weighted by atomic mass is 19.4. The van der Waals surface area contributed by atoms with E-state index in [4.69, 9.17) is 9.84 Å². The first-order valence-corrected chi connectivity index (χ1v) is 7.94. The van der Waals surface area contributed by atoms with Crippen LogP contribution in [-0.4, -0.2) is 47.1 Å². The molecule has 2 heterocycles. The number of alkyl halides is 3. The van der Waals surface area contributed by atoms with Gasteiger partial charge in [-0.3, -0.25) is 9.59 Å². The van der Waals surface area contributed by atoms with Crippen LogP contribution in [0.5, 0.6) is 0 Å². The van der Waals surface area contributed by atoms with Gasteiger partial charge in [0.2, 0.25) is 0 Å². The molecule has 1 aromatic heterocycles. The van der Waals surface area contributed by atoms with Gasteiger partial charge in [0.15, 0.2) is 0 Å². The number of aliphatic carboxylic acids is 1. The minimum absolute atomic E-state index is 0.163. The number of ether oxygens (including phenoxy) is 1. The van der Waals surface area contributed by atoms with E-state index in [-0.39, 0.29) is 24.9 Å². The van der Waals surface area contributed by atoms with E-state index in [1.165, 1.54) is 4.90 Å². The first kappa shape index (κ1) is 19.2. The molecule has 1 aliphatic heterocycles. The molecule has 1 aliphatic rings. The summed E-state index contributed by atoms with van der Waals surface area (Å²) >= 11 is 0.